The first kappa shape index (κ1) is 12.7. The summed E-state index contributed by atoms with van der Waals surface area (Å²) in [7, 11) is 0. The zero-order chi connectivity index (χ0) is 12.3. The fraction of sp³-hybridized carbons (Fsp3) is 0.462. The topological polar surface area (TPSA) is 38.4 Å². The van der Waals surface area contributed by atoms with Gasteiger partial charge in [-0.1, -0.05) is 26.0 Å². The number of aliphatic imine (C=N–C) groups is 1. The summed E-state index contributed by atoms with van der Waals surface area (Å²) in [6.45, 7) is 7.64. The van der Waals surface area contributed by atoms with Crippen LogP contribution in [0.15, 0.2) is 23.2 Å². The lowest BCUT2D eigenvalue weighted by Gasteiger charge is -2.11. The summed E-state index contributed by atoms with van der Waals surface area (Å²) in [4.78, 5) is 4.35. The molecule has 16 heavy (non-hydrogen) atoms. The van der Waals surface area contributed by atoms with Gasteiger partial charge in [0, 0.05) is 5.92 Å². The molecule has 0 radical (unpaired) electrons. The third-order valence-electron chi connectivity index (χ3n) is 2.61. The van der Waals surface area contributed by atoms with Gasteiger partial charge in [0.25, 0.3) is 0 Å². The largest absolute Gasteiger partial charge is 0.387 e. The summed E-state index contributed by atoms with van der Waals surface area (Å²) < 4.78 is 13.4. The van der Waals surface area contributed by atoms with Gasteiger partial charge in [-0.05, 0) is 31.0 Å². The monoisotopic (exact) mass is 222 g/mol. The summed E-state index contributed by atoms with van der Waals surface area (Å²) in [6.07, 6.45) is 0. The average molecular weight is 222 g/mol. The highest BCUT2D eigenvalue weighted by Gasteiger charge is 2.08. The van der Waals surface area contributed by atoms with E-state index in [1.165, 1.54) is 6.07 Å². The SMILES string of the molecule is Cc1ccc(C(C)N=C(N)C(C)C)cc1F. The van der Waals surface area contributed by atoms with E-state index in [0.717, 1.165) is 5.56 Å². The first-order valence-corrected chi connectivity index (χ1v) is 5.51. The van der Waals surface area contributed by atoms with Crippen LogP contribution in [-0.2, 0) is 0 Å². The van der Waals surface area contributed by atoms with Crippen LogP contribution in [0, 0.1) is 18.7 Å². The van der Waals surface area contributed by atoms with Crippen molar-refractivity contribution in [2.75, 3.05) is 0 Å². The van der Waals surface area contributed by atoms with E-state index in [-0.39, 0.29) is 17.8 Å². The predicted octanol–water partition coefficient (Wildman–Crippen LogP) is 3.21. The lowest BCUT2D eigenvalue weighted by atomic mass is 10.1. The van der Waals surface area contributed by atoms with Crippen LogP contribution in [0.4, 0.5) is 4.39 Å². The van der Waals surface area contributed by atoms with Crippen LogP contribution in [0.1, 0.15) is 37.9 Å². The van der Waals surface area contributed by atoms with Gasteiger partial charge in [-0.15, -0.1) is 0 Å². The first-order valence-electron chi connectivity index (χ1n) is 5.51. The maximum absolute atomic E-state index is 13.4. The van der Waals surface area contributed by atoms with Gasteiger partial charge in [-0.2, -0.15) is 0 Å². The van der Waals surface area contributed by atoms with Gasteiger partial charge in [0.15, 0.2) is 0 Å². The minimum Gasteiger partial charge on any atom is -0.387 e. The normalized spacial score (nSPS) is 14.2. The molecular formula is C13H19FN2. The highest BCUT2D eigenvalue weighted by atomic mass is 19.1. The van der Waals surface area contributed by atoms with Crippen molar-refractivity contribution in [2.24, 2.45) is 16.6 Å². The molecule has 2 N–H and O–H groups in total. The Labute approximate surface area is 96.4 Å². The summed E-state index contributed by atoms with van der Waals surface area (Å²) in [5.41, 5.74) is 7.28. The number of nitrogens with two attached hydrogens (primary N) is 1. The van der Waals surface area contributed by atoms with Crippen LogP contribution in [0.3, 0.4) is 0 Å². The van der Waals surface area contributed by atoms with Crippen molar-refractivity contribution in [1.29, 1.82) is 0 Å². The maximum atomic E-state index is 13.4. The smallest absolute Gasteiger partial charge is 0.126 e. The van der Waals surface area contributed by atoms with Crippen molar-refractivity contribution in [3.05, 3.63) is 35.1 Å². The molecule has 0 spiro atoms. The Bertz CT molecular complexity index is 397. The molecule has 0 aliphatic carbocycles. The molecule has 0 amide bonds. The molecule has 0 saturated heterocycles. The second-order valence-corrected chi connectivity index (χ2v) is 4.39. The van der Waals surface area contributed by atoms with Gasteiger partial charge in [-0.3, -0.25) is 4.99 Å². The quantitative estimate of drug-likeness (QED) is 0.619. The number of benzene rings is 1. The van der Waals surface area contributed by atoms with Gasteiger partial charge < -0.3 is 5.73 Å². The van der Waals surface area contributed by atoms with E-state index in [0.29, 0.717) is 11.4 Å². The van der Waals surface area contributed by atoms with E-state index in [2.05, 4.69) is 4.99 Å². The molecule has 3 heteroatoms. The van der Waals surface area contributed by atoms with Crippen molar-refractivity contribution < 1.29 is 4.39 Å². The van der Waals surface area contributed by atoms with Crippen LogP contribution in [0.2, 0.25) is 0 Å². The number of aryl methyl sites for hydroxylation is 1. The number of amidine groups is 1. The molecular weight excluding hydrogens is 203 g/mol. The Morgan fingerprint density at radius 2 is 1.94 bits per heavy atom. The van der Waals surface area contributed by atoms with E-state index < -0.39 is 0 Å². The molecule has 1 aromatic rings. The number of rotatable bonds is 3. The fourth-order valence-electron chi connectivity index (χ4n) is 1.32. The molecule has 0 saturated carbocycles. The first-order chi connectivity index (χ1) is 7.41. The molecule has 0 bridgehead atoms. The number of nitrogens with zero attached hydrogens (tertiary/aromatic N) is 1. The number of halogens is 1. The summed E-state index contributed by atoms with van der Waals surface area (Å²) >= 11 is 0. The van der Waals surface area contributed by atoms with Crippen molar-refractivity contribution in [3.63, 3.8) is 0 Å². The summed E-state index contributed by atoms with van der Waals surface area (Å²) in [6, 6.07) is 5.08. The van der Waals surface area contributed by atoms with Gasteiger partial charge in [-0.25, -0.2) is 4.39 Å². The molecule has 2 nitrogen and oxygen atoms in total. The van der Waals surface area contributed by atoms with Crippen LogP contribution in [-0.4, -0.2) is 5.84 Å². The van der Waals surface area contributed by atoms with Crippen molar-refractivity contribution in [1.82, 2.24) is 0 Å². The Morgan fingerprint density at radius 3 is 2.44 bits per heavy atom. The lowest BCUT2D eigenvalue weighted by molar-refractivity contribution is 0.613. The molecule has 0 aromatic heterocycles. The molecule has 0 fully saturated rings. The molecule has 88 valence electrons. The van der Waals surface area contributed by atoms with Gasteiger partial charge in [0.2, 0.25) is 0 Å². The van der Waals surface area contributed by atoms with Crippen molar-refractivity contribution in [2.45, 2.75) is 33.7 Å². The van der Waals surface area contributed by atoms with Crippen LogP contribution < -0.4 is 5.73 Å². The van der Waals surface area contributed by atoms with E-state index in [1.54, 1.807) is 13.0 Å². The average Bonchev–Trinajstić information content (AvgIpc) is 2.21. The van der Waals surface area contributed by atoms with E-state index in [4.69, 9.17) is 5.73 Å². The third-order valence-corrected chi connectivity index (χ3v) is 2.61. The van der Waals surface area contributed by atoms with Gasteiger partial charge >= 0.3 is 0 Å². The molecule has 1 aromatic carbocycles. The van der Waals surface area contributed by atoms with E-state index >= 15 is 0 Å². The van der Waals surface area contributed by atoms with Crippen molar-refractivity contribution in [3.8, 4) is 0 Å². The Hall–Kier alpha value is -1.38. The molecule has 0 aliphatic rings. The van der Waals surface area contributed by atoms with Crippen LogP contribution in [0.25, 0.3) is 0 Å². The summed E-state index contributed by atoms with van der Waals surface area (Å²) in [5, 5.41) is 0. The minimum atomic E-state index is -0.192. The molecule has 0 aliphatic heterocycles. The van der Waals surface area contributed by atoms with E-state index in [9.17, 15) is 4.39 Å². The third kappa shape index (κ3) is 3.05. The van der Waals surface area contributed by atoms with Gasteiger partial charge in [0.1, 0.15) is 5.82 Å². The maximum Gasteiger partial charge on any atom is 0.126 e. The number of hydrogen-bond donors (Lipinski definition) is 1. The Balaban J connectivity index is 2.93. The minimum absolute atomic E-state index is 0.0995. The molecule has 1 rings (SSSR count). The van der Waals surface area contributed by atoms with Crippen molar-refractivity contribution >= 4 is 5.84 Å². The Kier molecular flexibility index (Phi) is 4.05. The highest BCUT2D eigenvalue weighted by molar-refractivity contribution is 5.82. The second-order valence-electron chi connectivity index (χ2n) is 4.39. The van der Waals surface area contributed by atoms with Crippen LogP contribution >= 0.6 is 0 Å². The lowest BCUT2D eigenvalue weighted by Crippen LogP contribution is -2.19. The zero-order valence-electron chi connectivity index (χ0n) is 10.3. The second kappa shape index (κ2) is 5.10. The summed E-state index contributed by atoms with van der Waals surface area (Å²) in [5.74, 6) is 0.633. The molecule has 1 atom stereocenters. The molecule has 0 heterocycles. The molecule has 1 unspecified atom stereocenters. The Morgan fingerprint density at radius 1 is 1.31 bits per heavy atom. The highest BCUT2D eigenvalue weighted by Crippen LogP contribution is 2.19. The van der Waals surface area contributed by atoms with E-state index in [1.807, 2.05) is 26.8 Å². The van der Waals surface area contributed by atoms with Gasteiger partial charge in [0.05, 0.1) is 11.9 Å². The van der Waals surface area contributed by atoms with Crippen LogP contribution in [0.5, 0.6) is 0 Å². The fourth-order valence-corrected chi connectivity index (χ4v) is 1.32. The standard InChI is InChI=1S/C13H19FN2/c1-8(2)13(15)16-10(4)11-6-5-9(3)12(14)7-11/h5-8,10H,1-4H3,(H2,15,16). The predicted molar refractivity (Wildman–Crippen MR) is 66.0 cm³/mol. The number of hydrogen-bond acceptors (Lipinski definition) is 1. The zero-order valence-corrected chi connectivity index (χ0v) is 10.3.